The second-order valence-electron chi connectivity index (χ2n) is 8.51. The molecule has 0 saturated carbocycles. The van der Waals surface area contributed by atoms with E-state index in [1.165, 1.54) is 10.7 Å². The number of benzene rings is 2. The summed E-state index contributed by atoms with van der Waals surface area (Å²) in [7, 11) is 0. The average molecular weight is 440 g/mol. The summed E-state index contributed by atoms with van der Waals surface area (Å²) in [4.78, 5) is 38.0. The molecule has 0 bridgehead atoms. The summed E-state index contributed by atoms with van der Waals surface area (Å²) in [5, 5.41) is 10.0. The molecule has 2 amide bonds. The van der Waals surface area contributed by atoms with Gasteiger partial charge < -0.3 is 10.1 Å². The molecule has 3 rings (SSSR count). The molecule has 9 heteroatoms. The first-order valence-corrected chi connectivity index (χ1v) is 10.1. The zero-order valence-electron chi connectivity index (χ0n) is 18.5. The van der Waals surface area contributed by atoms with Crippen molar-refractivity contribution >= 4 is 34.1 Å². The largest absolute Gasteiger partial charge is 0.444 e. The fraction of sp³-hybridized carbons (Fsp3) is 0.304. The highest BCUT2D eigenvalue weighted by Crippen LogP contribution is 2.25. The average Bonchev–Trinajstić information content (AvgIpc) is 2.68. The highest BCUT2D eigenvalue weighted by Gasteiger charge is 2.21. The van der Waals surface area contributed by atoms with Crippen molar-refractivity contribution in [2.75, 3.05) is 10.6 Å². The standard InChI is InChI=1S/C23H25FN4O4/c1-13(2)28-21(30)16-9-7-6-8-15(16)19(27-28)20(29)25-18-12-14(24)10-11-17(18)26-22(31)32-23(3,4)5/h6-13H,1-5H3,(H,25,29)(H,26,31). The van der Waals surface area contributed by atoms with Crippen molar-refractivity contribution in [2.24, 2.45) is 0 Å². The lowest BCUT2D eigenvalue weighted by molar-refractivity contribution is 0.0635. The highest BCUT2D eigenvalue weighted by molar-refractivity contribution is 6.12. The minimum Gasteiger partial charge on any atom is -0.444 e. The van der Waals surface area contributed by atoms with Crippen LogP contribution in [0.1, 0.15) is 51.1 Å². The maximum atomic E-state index is 13.9. The minimum absolute atomic E-state index is 0.00128. The first-order chi connectivity index (χ1) is 15.0. The number of fused-ring (bicyclic) bond motifs is 1. The Bertz CT molecular complexity index is 1240. The van der Waals surface area contributed by atoms with E-state index in [4.69, 9.17) is 4.74 Å². The Morgan fingerprint density at radius 3 is 2.31 bits per heavy atom. The predicted octanol–water partition coefficient (Wildman–Crippen LogP) is 4.72. The van der Waals surface area contributed by atoms with Gasteiger partial charge in [-0.15, -0.1) is 0 Å². The van der Waals surface area contributed by atoms with Crippen molar-refractivity contribution in [3.63, 3.8) is 0 Å². The molecule has 0 unspecified atom stereocenters. The molecule has 8 nitrogen and oxygen atoms in total. The van der Waals surface area contributed by atoms with Crippen LogP contribution in [0.25, 0.3) is 10.8 Å². The van der Waals surface area contributed by atoms with E-state index < -0.39 is 23.4 Å². The van der Waals surface area contributed by atoms with Gasteiger partial charge in [0.25, 0.3) is 11.5 Å². The third-order valence-corrected chi connectivity index (χ3v) is 4.40. The van der Waals surface area contributed by atoms with Crippen LogP contribution in [-0.4, -0.2) is 27.4 Å². The van der Waals surface area contributed by atoms with Crippen LogP contribution in [0.3, 0.4) is 0 Å². The van der Waals surface area contributed by atoms with Gasteiger partial charge in [-0.1, -0.05) is 18.2 Å². The summed E-state index contributed by atoms with van der Waals surface area (Å²) < 4.78 is 20.4. The first-order valence-electron chi connectivity index (χ1n) is 10.1. The van der Waals surface area contributed by atoms with E-state index in [0.717, 1.165) is 12.1 Å². The Labute approximate surface area is 184 Å². The van der Waals surface area contributed by atoms with Gasteiger partial charge in [-0.25, -0.2) is 13.9 Å². The molecule has 2 N–H and O–H groups in total. The third kappa shape index (κ3) is 5.11. The van der Waals surface area contributed by atoms with Crippen LogP contribution in [0.2, 0.25) is 0 Å². The predicted molar refractivity (Wildman–Crippen MR) is 121 cm³/mol. The normalized spacial score (nSPS) is 11.5. The van der Waals surface area contributed by atoms with Crippen LogP contribution in [-0.2, 0) is 4.74 Å². The van der Waals surface area contributed by atoms with Gasteiger partial charge in [0, 0.05) is 5.39 Å². The molecule has 2 aromatic carbocycles. The molecule has 1 aromatic heterocycles. The highest BCUT2D eigenvalue weighted by atomic mass is 19.1. The smallest absolute Gasteiger partial charge is 0.412 e. The van der Waals surface area contributed by atoms with Crippen LogP contribution < -0.4 is 16.2 Å². The Morgan fingerprint density at radius 1 is 1.03 bits per heavy atom. The van der Waals surface area contributed by atoms with Crippen molar-refractivity contribution in [1.82, 2.24) is 9.78 Å². The van der Waals surface area contributed by atoms with E-state index in [1.807, 2.05) is 0 Å². The number of nitrogens with zero attached hydrogens (tertiary/aromatic N) is 2. The molecule has 0 aliphatic carbocycles. The number of carbonyl (C=O) groups is 2. The molecule has 1 heterocycles. The summed E-state index contributed by atoms with van der Waals surface area (Å²) in [5.41, 5.74) is -0.878. The number of aromatic nitrogens is 2. The lowest BCUT2D eigenvalue weighted by Gasteiger charge is -2.20. The molecule has 0 fully saturated rings. The van der Waals surface area contributed by atoms with E-state index in [2.05, 4.69) is 15.7 Å². The van der Waals surface area contributed by atoms with E-state index >= 15 is 0 Å². The fourth-order valence-electron chi connectivity index (χ4n) is 3.05. The third-order valence-electron chi connectivity index (χ3n) is 4.40. The van der Waals surface area contributed by atoms with Gasteiger partial charge in [0.2, 0.25) is 0 Å². The molecule has 0 saturated heterocycles. The lowest BCUT2D eigenvalue weighted by Crippen LogP contribution is -2.29. The number of rotatable bonds is 4. The molecule has 0 radical (unpaired) electrons. The van der Waals surface area contributed by atoms with Gasteiger partial charge in [-0.3, -0.25) is 14.9 Å². The van der Waals surface area contributed by atoms with Crippen molar-refractivity contribution < 1.29 is 18.7 Å². The topological polar surface area (TPSA) is 102 Å². The maximum absolute atomic E-state index is 13.9. The van der Waals surface area contributed by atoms with Crippen LogP contribution in [0, 0.1) is 5.82 Å². The molecule has 0 aliphatic rings. The van der Waals surface area contributed by atoms with E-state index in [1.54, 1.807) is 58.9 Å². The van der Waals surface area contributed by atoms with Crippen LogP contribution in [0.4, 0.5) is 20.6 Å². The number of carbonyl (C=O) groups excluding carboxylic acids is 2. The molecule has 0 aliphatic heterocycles. The molecule has 32 heavy (non-hydrogen) atoms. The zero-order chi connectivity index (χ0) is 23.6. The van der Waals surface area contributed by atoms with Gasteiger partial charge in [-0.05, 0) is 58.9 Å². The number of amides is 2. The molecule has 168 valence electrons. The Morgan fingerprint density at radius 2 is 1.69 bits per heavy atom. The van der Waals surface area contributed by atoms with Gasteiger partial charge in [-0.2, -0.15) is 5.10 Å². The minimum atomic E-state index is -0.753. The Hall–Kier alpha value is -3.75. The first kappa shape index (κ1) is 22.9. The van der Waals surface area contributed by atoms with E-state index in [9.17, 15) is 18.8 Å². The van der Waals surface area contributed by atoms with Crippen molar-refractivity contribution in [1.29, 1.82) is 0 Å². The van der Waals surface area contributed by atoms with E-state index in [0.29, 0.717) is 10.8 Å². The number of anilines is 2. The molecule has 0 atom stereocenters. The molecule has 0 spiro atoms. The Balaban J connectivity index is 2.00. The van der Waals surface area contributed by atoms with Crippen LogP contribution in [0.5, 0.6) is 0 Å². The summed E-state index contributed by atoms with van der Waals surface area (Å²) in [6.45, 7) is 8.68. The maximum Gasteiger partial charge on any atom is 0.412 e. The lowest BCUT2D eigenvalue weighted by atomic mass is 10.1. The van der Waals surface area contributed by atoms with Gasteiger partial charge in [0.15, 0.2) is 5.69 Å². The second kappa shape index (κ2) is 8.78. The van der Waals surface area contributed by atoms with Crippen molar-refractivity contribution in [3.05, 3.63) is 64.3 Å². The van der Waals surface area contributed by atoms with Gasteiger partial charge in [0.1, 0.15) is 11.4 Å². The molecular formula is C23H25FN4O4. The number of hydrogen-bond acceptors (Lipinski definition) is 5. The fourth-order valence-corrected chi connectivity index (χ4v) is 3.05. The van der Waals surface area contributed by atoms with Gasteiger partial charge in [0.05, 0.1) is 22.8 Å². The SMILES string of the molecule is CC(C)n1nc(C(=O)Nc2cc(F)ccc2NC(=O)OC(C)(C)C)c2ccccc2c1=O. The second-order valence-corrected chi connectivity index (χ2v) is 8.51. The summed E-state index contributed by atoms with van der Waals surface area (Å²) in [5.74, 6) is -1.27. The number of nitrogens with one attached hydrogen (secondary N) is 2. The summed E-state index contributed by atoms with van der Waals surface area (Å²) in [6, 6.07) is 9.89. The van der Waals surface area contributed by atoms with Crippen molar-refractivity contribution in [2.45, 2.75) is 46.3 Å². The van der Waals surface area contributed by atoms with Crippen LogP contribution >= 0.6 is 0 Å². The Kier molecular flexibility index (Phi) is 6.29. The summed E-state index contributed by atoms with van der Waals surface area (Å²) >= 11 is 0. The van der Waals surface area contributed by atoms with Crippen LogP contribution in [0.15, 0.2) is 47.3 Å². The molecule has 3 aromatic rings. The van der Waals surface area contributed by atoms with Crippen molar-refractivity contribution in [3.8, 4) is 0 Å². The number of halogens is 1. The zero-order valence-corrected chi connectivity index (χ0v) is 18.5. The monoisotopic (exact) mass is 440 g/mol. The van der Waals surface area contributed by atoms with E-state index in [-0.39, 0.29) is 28.7 Å². The summed E-state index contributed by atoms with van der Waals surface area (Å²) in [6.07, 6.45) is -0.753. The molecular weight excluding hydrogens is 415 g/mol. The van der Waals surface area contributed by atoms with Gasteiger partial charge >= 0.3 is 6.09 Å². The number of hydrogen-bond donors (Lipinski definition) is 2. The number of ether oxygens (including phenoxy) is 1. The quantitative estimate of drug-likeness (QED) is 0.611.